The molecule has 1 aliphatic heterocycles. The van der Waals surface area contributed by atoms with Crippen LogP contribution in [0.3, 0.4) is 0 Å². The Labute approximate surface area is 162 Å². The van der Waals surface area contributed by atoms with Crippen molar-refractivity contribution in [2.45, 2.75) is 43.4 Å². The maximum absolute atomic E-state index is 13.1. The molecule has 1 amide bonds. The van der Waals surface area contributed by atoms with Gasteiger partial charge in [-0.15, -0.1) is 11.8 Å². The Morgan fingerprint density at radius 1 is 1.33 bits per heavy atom. The first kappa shape index (κ1) is 18.7. The lowest BCUT2D eigenvalue weighted by Gasteiger charge is -2.26. The molecule has 144 valence electrons. The third kappa shape index (κ3) is 3.71. The van der Waals surface area contributed by atoms with Gasteiger partial charge in [-0.1, -0.05) is 12.1 Å². The van der Waals surface area contributed by atoms with Gasteiger partial charge in [0, 0.05) is 11.8 Å². The van der Waals surface area contributed by atoms with E-state index < -0.39 is 5.60 Å². The van der Waals surface area contributed by atoms with E-state index in [1.165, 1.54) is 12.1 Å². The number of hydrogen-bond donors (Lipinski definition) is 2. The van der Waals surface area contributed by atoms with Crippen LogP contribution in [0.25, 0.3) is 0 Å². The largest absolute Gasteiger partial charge is 0.385 e. The molecule has 1 aromatic carbocycles. The van der Waals surface area contributed by atoms with E-state index >= 15 is 0 Å². The average Bonchev–Trinajstić information content (AvgIpc) is 3.33. The minimum atomic E-state index is -0.864. The highest BCUT2D eigenvalue weighted by Crippen LogP contribution is 2.52. The van der Waals surface area contributed by atoms with E-state index in [4.69, 9.17) is 5.26 Å². The number of nitrogens with zero attached hydrogens (tertiary/aromatic N) is 2. The number of rotatable bonds is 4. The van der Waals surface area contributed by atoms with Crippen molar-refractivity contribution in [3.63, 3.8) is 0 Å². The van der Waals surface area contributed by atoms with Gasteiger partial charge in [-0.2, -0.15) is 5.26 Å². The van der Waals surface area contributed by atoms with Gasteiger partial charge in [0.05, 0.1) is 24.1 Å². The highest BCUT2D eigenvalue weighted by atomic mass is 32.2. The molecular weight excluding hydrogens is 365 g/mol. The van der Waals surface area contributed by atoms with Crippen molar-refractivity contribution >= 4 is 17.7 Å². The maximum atomic E-state index is 13.1. The fraction of sp³-hybridized carbons (Fsp3) is 0.600. The number of halogens is 1. The lowest BCUT2D eigenvalue weighted by Crippen LogP contribution is -2.43. The summed E-state index contributed by atoms with van der Waals surface area (Å²) in [5.74, 6) is 1.83. The van der Waals surface area contributed by atoms with E-state index in [2.05, 4.69) is 11.4 Å². The number of aliphatic hydroxyl groups is 1. The number of fused-ring (bicyclic) bond motifs is 1. The fourth-order valence-corrected chi connectivity index (χ4v) is 6.06. The molecule has 27 heavy (non-hydrogen) atoms. The zero-order chi connectivity index (χ0) is 19.0. The molecule has 0 aromatic heterocycles. The Morgan fingerprint density at radius 3 is 2.63 bits per heavy atom. The molecule has 0 bridgehead atoms. The van der Waals surface area contributed by atoms with Gasteiger partial charge in [0.2, 0.25) is 5.91 Å². The fourth-order valence-electron chi connectivity index (χ4n) is 4.95. The number of nitriles is 1. The van der Waals surface area contributed by atoms with E-state index in [1.807, 2.05) is 0 Å². The zero-order valence-corrected chi connectivity index (χ0v) is 15.9. The zero-order valence-electron chi connectivity index (χ0n) is 15.1. The Kier molecular flexibility index (Phi) is 5.15. The Balaban J connectivity index is 1.29. The molecule has 7 heteroatoms. The lowest BCUT2D eigenvalue weighted by molar-refractivity contribution is -0.129. The number of amides is 1. The van der Waals surface area contributed by atoms with Gasteiger partial charge < -0.3 is 15.3 Å². The summed E-state index contributed by atoms with van der Waals surface area (Å²) >= 11 is 1.62. The highest BCUT2D eigenvalue weighted by Gasteiger charge is 2.49. The van der Waals surface area contributed by atoms with Gasteiger partial charge in [0.1, 0.15) is 11.9 Å². The summed E-state index contributed by atoms with van der Waals surface area (Å²) in [7, 11) is 0. The summed E-state index contributed by atoms with van der Waals surface area (Å²) in [5.41, 5.74) is -0.0663. The normalized spacial score (nSPS) is 35.2. The number of nitrogens with one attached hydrogen (secondary N) is 1. The van der Waals surface area contributed by atoms with Crippen molar-refractivity contribution < 1.29 is 14.3 Å². The molecule has 5 nitrogen and oxygen atoms in total. The summed E-state index contributed by atoms with van der Waals surface area (Å²) in [4.78, 5) is 14.0. The third-order valence-corrected chi connectivity index (χ3v) is 7.33. The van der Waals surface area contributed by atoms with Gasteiger partial charge in [0.25, 0.3) is 0 Å². The van der Waals surface area contributed by atoms with Crippen molar-refractivity contribution in [2.75, 3.05) is 18.2 Å². The van der Waals surface area contributed by atoms with E-state index in [-0.39, 0.29) is 30.4 Å². The number of thioether (sulfide) groups is 1. The Morgan fingerprint density at radius 2 is 2.00 bits per heavy atom. The number of carbonyl (C=O) groups excluding carboxylic acids is 1. The van der Waals surface area contributed by atoms with Crippen LogP contribution >= 0.6 is 11.8 Å². The molecular formula is C20H24FN3O2S. The molecule has 5 atom stereocenters. The predicted octanol–water partition coefficient (Wildman–Crippen LogP) is 2.22. The van der Waals surface area contributed by atoms with Crippen LogP contribution in [-0.2, 0) is 10.4 Å². The van der Waals surface area contributed by atoms with E-state index in [0.717, 1.165) is 18.4 Å². The van der Waals surface area contributed by atoms with Gasteiger partial charge in [-0.25, -0.2) is 4.39 Å². The molecule has 1 aromatic rings. The monoisotopic (exact) mass is 389 g/mol. The topological polar surface area (TPSA) is 76.4 Å². The summed E-state index contributed by atoms with van der Waals surface area (Å²) in [6.07, 6.45) is 3.26. The van der Waals surface area contributed by atoms with Gasteiger partial charge in [-0.05, 0) is 55.2 Å². The Hall–Kier alpha value is -1.62. The first-order valence-electron chi connectivity index (χ1n) is 9.47. The third-order valence-electron chi connectivity index (χ3n) is 6.32. The minimum Gasteiger partial charge on any atom is -0.385 e. The predicted molar refractivity (Wildman–Crippen MR) is 101 cm³/mol. The van der Waals surface area contributed by atoms with Crippen LogP contribution < -0.4 is 5.32 Å². The van der Waals surface area contributed by atoms with Crippen LogP contribution in [0.15, 0.2) is 24.3 Å². The lowest BCUT2D eigenvalue weighted by atomic mass is 9.89. The van der Waals surface area contributed by atoms with Crippen LogP contribution in [0.2, 0.25) is 0 Å². The van der Waals surface area contributed by atoms with Gasteiger partial charge >= 0.3 is 0 Å². The first-order chi connectivity index (χ1) is 13.0. The molecule has 2 saturated carbocycles. The van der Waals surface area contributed by atoms with Crippen molar-refractivity contribution in [2.24, 2.45) is 11.8 Å². The molecule has 2 aliphatic carbocycles. The second-order valence-electron chi connectivity index (χ2n) is 8.02. The molecule has 4 rings (SSSR count). The van der Waals surface area contributed by atoms with Crippen LogP contribution in [0.5, 0.6) is 0 Å². The van der Waals surface area contributed by atoms with Crippen molar-refractivity contribution in [3.05, 3.63) is 35.6 Å². The van der Waals surface area contributed by atoms with E-state index in [1.54, 1.807) is 28.8 Å². The minimum absolute atomic E-state index is 0.00794. The van der Waals surface area contributed by atoms with Crippen LogP contribution in [-0.4, -0.2) is 46.2 Å². The smallest absolute Gasteiger partial charge is 0.238 e. The molecule has 3 fully saturated rings. The SMILES string of the molecule is N#CC1CSCN1C(=O)CNC1C[C@@H]2CC(O)(c3ccc(F)cc3)C[C@@H]2C1. The van der Waals surface area contributed by atoms with Crippen LogP contribution in [0, 0.1) is 29.0 Å². The van der Waals surface area contributed by atoms with Crippen molar-refractivity contribution in [3.8, 4) is 6.07 Å². The maximum Gasteiger partial charge on any atom is 0.238 e. The van der Waals surface area contributed by atoms with Gasteiger partial charge in [-0.3, -0.25) is 4.79 Å². The number of hydrogen-bond acceptors (Lipinski definition) is 5. The molecule has 0 spiro atoms. The highest BCUT2D eigenvalue weighted by molar-refractivity contribution is 7.99. The summed E-state index contributed by atoms with van der Waals surface area (Å²) in [6.45, 7) is 0.269. The van der Waals surface area contributed by atoms with Gasteiger partial charge in [0.15, 0.2) is 0 Å². The van der Waals surface area contributed by atoms with E-state index in [0.29, 0.717) is 36.3 Å². The average molecular weight is 389 g/mol. The van der Waals surface area contributed by atoms with Crippen molar-refractivity contribution in [1.29, 1.82) is 5.26 Å². The van der Waals surface area contributed by atoms with Crippen LogP contribution in [0.4, 0.5) is 4.39 Å². The molecule has 3 unspecified atom stereocenters. The molecule has 1 heterocycles. The summed E-state index contributed by atoms with van der Waals surface area (Å²) in [6, 6.07) is 8.34. The second-order valence-corrected chi connectivity index (χ2v) is 9.02. The molecule has 3 aliphatic rings. The van der Waals surface area contributed by atoms with E-state index in [9.17, 15) is 14.3 Å². The molecule has 2 N–H and O–H groups in total. The van der Waals surface area contributed by atoms with Crippen LogP contribution in [0.1, 0.15) is 31.2 Å². The summed E-state index contributed by atoms with van der Waals surface area (Å²) in [5, 5.41) is 23.5. The quantitative estimate of drug-likeness (QED) is 0.826. The standard InChI is InChI=1S/C20H24FN3O2S/c21-16-3-1-15(2-4-16)20(26)7-13-5-17(6-14(13)8-20)23-10-19(25)24-12-27-11-18(24)9-22/h1-4,13-14,17-18,23,26H,5-8,10-12H2/t13-,14+,17?,18?,20?. The second kappa shape index (κ2) is 7.42. The summed E-state index contributed by atoms with van der Waals surface area (Å²) < 4.78 is 13.1. The number of benzene rings is 1. The Bertz CT molecular complexity index is 737. The molecule has 0 radical (unpaired) electrons. The first-order valence-corrected chi connectivity index (χ1v) is 10.6. The van der Waals surface area contributed by atoms with Crippen molar-refractivity contribution in [1.82, 2.24) is 10.2 Å². The molecule has 1 saturated heterocycles. The number of carbonyl (C=O) groups is 1.